The molecule has 0 radical (unpaired) electrons. The lowest BCUT2D eigenvalue weighted by atomic mass is 9.53. The molecule has 0 aromatic carbocycles. The first-order chi connectivity index (χ1) is 13.8. The molecular weight excluding hydrogens is 385 g/mol. The van der Waals surface area contributed by atoms with Gasteiger partial charge in [0.2, 0.25) is 5.95 Å². The number of ether oxygens (including phenoxy) is 1. The fourth-order valence-corrected chi connectivity index (χ4v) is 6.25. The summed E-state index contributed by atoms with van der Waals surface area (Å²) < 4.78 is 46.4. The summed E-state index contributed by atoms with van der Waals surface area (Å²) >= 11 is 0. The highest BCUT2D eigenvalue weighted by Gasteiger charge is 2.51. The number of amides is 1. The van der Waals surface area contributed by atoms with Gasteiger partial charge in [0.1, 0.15) is 0 Å². The van der Waals surface area contributed by atoms with Gasteiger partial charge in [-0.25, -0.2) is 9.97 Å². The minimum atomic E-state index is -4.72. The molecule has 158 valence electrons. The van der Waals surface area contributed by atoms with Crippen LogP contribution in [-0.4, -0.2) is 52.6 Å². The van der Waals surface area contributed by atoms with Crippen LogP contribution in [0.4, 0.5) is 19.1 Å². The topological polar surface area (TPSA) is 67.4 Å². The Morgan fingerprint density at radius 3 is 2.24 bits per heavy atom. The minimum Gasteiger partial charge on any atom is -0.378 e. The molecule has 5 aliphatic rings. The largest absolute Gasteiger partial charge is 0.434 e. The average molecular weight is 410 g/mol. The number of carbonyl (C=O) groups excluding carboxylic acids is 1. The van der Waals surface area contributed by atoms with Gasteiger partial charge in [0.25, 0.3) is 5.91 Å². The first kappa shape index (κ1) is 19.1. The number of rotatable bonds is 3. The Balaban J connectivity index is 1.42. The molecule has 5 fully saturated rings. The summed E-state index contributed by atoms with van der Waals surface area (Å²) in [6, 6.07) is 0. The van der Waals surface area contributed by atoms with Crippen LogP contribution in [0, 0.1) is 17.8 Å². The van der Waals surface area contributed by atoms with Crippen LogP contribution in [0.3, 0.4) is 0 Å². The van der Waals surface area contributed by atoms with Crippen molar-refractivity contribution in [3.63, 3.8) is 0 Å². The van der Waals surface area contributed by atoms with Gasteiger partial charge in [-0.15, -0.1) is 0 Å². The molecular formula is C20H25F3N4O2. The fourth-order valence-electron chi connectivity index (χ4n) is 6.25. The molecule has 1 amide bonds. The van der Waals surface area contributed by atoms with Gasteiger partial charge in [-0.1, -0.05) is 0 Å². The van der Waals surface area contributed by atoms with E-state index < -0.39 is 23.3 Å². The molecule has 4 aliphatic carbocycles. The quantitative estimate of drug-likeness (QED) is 0.828. The molecule has 1 saturated heterocycles. The minimum absolute atomic E-state index is 0.0159. The van der Waals surface area contributed by atoms with E-state index in [1.165, 1.54) is 24.2 Å². The molecule has 4 saturated carbocycles. The zero-order chi connectivity index (χ0) is 20.2. The maximum absolute atomic E-state index is 13.7. The van der Waals surface area contributed by atoms with E-state index in [9.17, 15) is 18.0 Å². The number of halogens is 3. The van der Waals surface area contributed by atoms with E-state index in [-0.39, 0.29) is 24.6 Å². The number of morpholine rings is 1. The number of carbonyl (C=O) groups is 1. The van der Waals surface area contributed by atoms with Crippen molar-refractivity contribution in [2.24, 2.45) is 17.8 Å². The number of aromatic nitrogens is 2. The van der Waals surface area contributed by atoms with Gasteiger partial charge < -0.3 is 15.0 Å². The van der Waals surface area contributed by atoms with Crippen LogP contribution in [-0.2, 0) is 10.9 Å². The molecule has 4 bridgehead atoms. The lowest BCUT2D eigenvalue weighted by Gasteiger charge is -2.56. The second-order valence-corrected chi connectivity index (χ2v) is 9.18. The molecule has 0 unspecified atom stereocenters. The van der Waals surface area contributed by atoms with Crippen molar-refractivity contribution in [1.82, 2.24) is 14.9 Å². The van der Waals surface area contributed by atoms with Crippen LogP contribution >= 0.6 is 0 Å². The second-order valence-electron chi connectivity index (χ2n) is 9.18. The van der Waals surface area contributed by atoms with Crippen LogP contribution in [0.1, 0.15) is 54.6 Å². The number of hydrogen-bond donors (Lipinski definition) is 1. The standard InChI is InChI=1S/C20H25F3N4O2/c21-20(22,23)16-15(17(28)27-1-3-29-4-2-27)11-24-18(25-16)26-19-8-12-5-13(9-19)7-14(6-12)10-19/h11-14H,1-10H2,(H,24,25,26). The van der Waals surface area contributed by atoms with Crippen molar-refractivity contribution >= 4 is 11.9 Å². The molecule has 1 N–H and O–H groups in total. The van der Waals surface area contributed by atoms with E-state index in [0.29, 0.717) is 31.0 Å². The molecule has 1 aromatic rings. The van der Waals surface area contributed by atoms with E-state index in [1.807, 2.05) is 0 Å². The number of alkyl halides is 3. The van der Waals surface area contributed by atoms with Crippen molar-refractivity contribution in [3.05, 3.63) is 17.5 Å². The third-order valence-electron chi connectivity index (χ3n) is 7.00. The third-order valence-corrected chi connectivity index (χ3v) is 7.00. The first-order valence-corrected chi connectivity index (χ1v) is 10.4. The highest BCUT2D eigenvalue weighted by molar-refractivity contribution is 5.95. The maximum Gasteiger partial charge on any atom is 0.434 e. The van der Waals surface area contributed by atoms with Crippen LogP contribution < -0.4 is 5.32 Å². The predicted molar refractivity (Wildman–Crippen MR) is 98.3 cm³/mol. The van der Waals surface area contributed by atoms with Gasteiger partial charge in [0, 0.05) is 24.8 Å². The molecule has 6 nitrogen and oxygen atoms in total. The Morgan fingerprint density at radius 2 is 1.69 bits per heavy atom. The lowest BCUT2D eigenvalue weighted by Crippen LogP contribution is -2.55. The zero-order valence-electron chi connectivity index (χ0n) is 16.2. The van der Waals surface area contributed by atoms with E-state index >= 15 is 0 Å². The van der Waals surface area contributed by atoms with Crippen molar-refractivity contribution < 1.29 is 22.7 Å². The van der Waals surface area contributed by atoms with Crippen molar-refractivity contribution in [2.45, 2.75) is 50.2 Å². The molecule has 1 aromatic heterocycles. The summed E-state index contributed by atoms with van der Waals surface area (Å²) in [5, 5.41) is 3.28. The SMILES string of the molecule is O=C(c1cnc(NC23CC4CC(CC(C4)C2)C3)nc1C(F)(F)F)N1CCOCC1. The molecule has 6 rings (SSSR count). The van der Waals surface area contributed by atoms with E-state index in [2.05, 4.69) is 15.3 Å². The van der Waals surface area contributed by atoms with Crippen LogP contribution in [0.25, 0.3) is 0 Å². The Labute approximate surface area is 167 Å². The van der Waals surface area contributed by atoms with Gasteiger partial charge in [0.15, 0.2) is 5.69 Å². The van der Waals surface area contributed by atoms with Gasteiger partial charge in [-0.05, 0) is 56.3 Å². The Morgan fingerprint density at radius 1 is 1.10 bits per heavy atom. The monoisotopic (exact) mass is 410 g/mol. The van der Waals surface area contributed by atoms with Crippen molar-refractivity contribution in [3.8, 4) is 0 Å². The predicted octanol–water partition coefficient (Wildman–Crippen LogP) is 3.35. The molecule has 9 heteroatoms. The van der Waals surface area contributed by atoms with E-state index in [0.717, 1.165) is 25.5 Å². The molecule has 0 atom stereocenters. The number of anilines is 1. The van der Waals surface area contributed by atoms with E-state index in [4.69, 9.17) is 4.74 Å². The highest BCUT2D eigenvalue weighted by Crippen LogP contribution is 2.56. The van der Waals surface area contributed by atoms with Crippen LogP contribution in [0.2, 0.25) is 0 Å². The van der Waals surface area contributed by atoms with Crippen LogP contribution in [0.15, 0.2) is 6.20 Å². The summed E-state index contributed by atoms with van der Waals surface area (Å²) in [6.45, 7) is 1.17. The molecule has 29 heavy (non-hydrogen) atoms. The third kappa shape index (κ3) is 3.58. The zero-order valence-corrected chi connectivity index (χ0v) is 16.2. The number of nitrogens with one attached hydrogen (secondary N) is 1. The summed E-state index contributed by atoms with van der Waals surface area (Å²) in [5.74, 6) is 1.24. The highest BCUT2D eigenvalue weighted by atomic mass is 19.4. The van der Waals surface area contributed by atoms with E-state index in [1.54, 1.807) is 0 Å². The summed E-state index contributed by atoms with van der Waals surface area (Å²) in [6.07, 6.45) is 2.94. The number of nitrogens with zero attached hydrogens (tertiary/aromatic N) is 3. The van der Waals surface area contributed by atoms with Crippen molar-refractivity contribution in [1.29, 1.82) is 0 Å². The average Bonchev–Trinajstić information content (AvgIpc) is 2.66. The van der Waals surface area contributed by atoms with Gasteiger partial charge >= 0.3 is 6.18 Å². The second kappa shape index (κ2) is 6.82. The summed E-state index contributed by atoms with van der Waals surface area (Å²) in [4.78, 5) is 22.0. The Bertz CT molecular complexity index is 772. The maximum atomic E-state index is 13.7. The summed E-state index contributed by atoms with van der Waals surface area (Å²) in [7, 11) is 0. The normalized spacial score (nSPS) is 33.8. The van der Waals surface area contributed by atoms with Gasteiger partial charge in [-0.3, -0.25) is 4.79 Å². The van der Waals surface area contributed by atoms with Crippen molar-refractivity contribution in [2.75, 3.05) is 31.6 Å². The smallest absolute Gasteiger partial charge is 0.378 e. The molecule has 0 spiro atoms. The number of hydrogen-bond acceptors (Lipinski definition) is 5. The molecule has 1 aliphatic heterocycles. The van der Waals surface area contributed by atoms with Crippen LogP contribution in [0.5, 0.6) is 0 Å². The Hall–Kier alpha value is -1.90. The first-order valence-electron chi connectivity index (χ1n) is 10.4. The van der Waals surface area contributed by atoms with Gasteiger partial charge in [0.05, 0.1) is 18.8 Å². The molecule has 2 heterocycles. The fraction of sp³-hybridized carbons (Fsp3) is 0.750. The Kier molecular flexibility index (Phi) is 4.49. The lowest BCUT2D eigenvalue weighted by molar-refractivity contribution is -0.141. The van der Waals surface area contributed by atoms with Gasteiger partial charge in [-0.2, -0.15) is 13.2 Å². The summed E-state index contributed by atoms with van der Waals surface area (Å²) in [5.41, 5.74) is -1.85.